The van der Waals surface area contributed by atoms with E-state index in [2.05, 4.69) is 30.4 Å². The first-order valence-corrected chi connectivity index (χ1v) is 14.0. The van der Waals surface area contributed by atoms with Gasteiger partial charge in [-0.25, -0.2) is 4.68 Å². The van der Waals surface area contributed by atoms with Crippen LogP contribution in [0.5, 0.6) is 0 Å². The molecular weight excluding hydrogens is 508 g/mol. The normalized spacial score (nSPS) is 15.1. The molecule has 1 aliphatic rings. The highest BCUT2D eigenvalue weighted by Crippen LogP contribution is 2.48. The summed E-state index contributed by atoms with van der Waals surface area (Å²) in [5.74, 6) is 0.485. The molecule has 0 fully saturated rings. The van der Waals surface area contributed by atoms with Gasteiger partial charge in [0.25, 0.3) is 0 Å². The number of fused-ring (bicyclic) bond motifs is 1. The third-order valence-corrected chi connectivity index (χ3v) is 7.91. The Morgan fingerprint density at radius 3 is 2.49 bits per heavy atom. The highest BCUT2D eigenvalue weighted by atomic mass is 32.2. The summed E-state index contributed by atoms with van der Waals surface area (Å²) in [4.78, 5) is 28.4. The largest absolute Gasteiger partial charge is 0.383 e. The lowest BCUT2D eigenvalue weighted by molar-refractivity contribution is -0.123. The summed E-state index contributed by atoms with van der Waals surface area (Å²) in [5.41, 5.74) is 6.83. The maximum absolute atomic E-state index is 13.7. The molecule has 0 radical (unpaired) electrons. The van der Waals surface area contributed by atoms with Crippen LogP contribution in [0.15, 0.2) is 78.9 Å². The number of nitrogens with zero attached hydrogens (tertiary/aromatic N) is 3. The second-order valence-electron chi connectivity index (χ2n) is 9.63. The van der Waals surface area contributed by atoms with Gasteiger partial charge in [-0.3, -0.25) is 14.5 Å². The van der Waals surface area contributed by atoms with Gasteiger partial charge in [-0.15, -0.1) is 11.8 Å². The average molecular weight is 541 g/mol. The number of ether oxygens (including phenoxy) is 1. The minimum atomic E-state index is -0.247. The number of carbonyl (C=O) groups is 2. The molecule has 5 rings (SSSR count). The summed E-state index contributed by atoms with van der Waals surface area (Å²) in [6.45, 7) is 4.76. The Labute approximate surface area is 233 Å². The second-order valence-corrected chi connectivity index (χ2v) is 10.7. The lowest BCUT2D eigenvalue weighted by Gasteiger charge is -2.23. The molecule has 8 heteroatoms. The van der Waals surface area contributed by atoms with Gasteiger partial charge in [-0.1, -0.05) is 72.3 Å². The topological polar surface area (TPSA) is 76.5 Å². The van der Waals surface area contributed by atoms with Gasteiger partial charge in [0, 0.05) is 24.8 Å². The van der Waals surface area contributed by atoms with Crippen LogP contribution in [0, 0.1) is 13.8 Å². The van der Waals surface area contributed by atoms with E-state index in [9.17, 15) is 9.59 Å². The van der Waals surface area contributed by atoms with Crippen LogP contribution in [-0.4, -0.2) is 54.2 Å². The minimum absolute atomic E-state index is 0.109. The van der Waals surface area contributed by atoms with E-state index in [0.717, 1.165) is 39.2 Å². The number of amides is 2. The number of benzene rings is 3. The van der Waals surface area contributed by atoms with Crippen molar-refractivity contribution in [2.75, 3.05) is 37.5 Å². The van der Waals surface area contributed by atoms with E-state index in [4.69, 9.17) is 9.84 Å². The Balaban J connectivity index is 1.76. The molecule has 0 spiro atoms. The molecule has 7 nitrogen and oxygen atoms in total. The molecule has 1 unspecified atom stereocenters. The lowest BCUT2D eigenvalue weighted by Crippen LogP contribution is -2.43. The number of aryl methyl sites for hydroxylation is 2. The molecule has 39 heavy (non-hydrogen) atoms. The van der Waals surface area contributed by atoms with E-state index in [1.165, 1.54) is 0 Å². The van der Waals surface area contributed by atoms with Crippen molar-refractivity contribution in [3.05, 3.63) is 101 Å². The van der Waals surface area contributed by atoms with Gasteiger partial charge >= 0.3 is 0 Å². The van der Waals surface area contributed by atoms with E-state index < -0.39 is 0 Å². The van der Waals surface area contributed by atoms with Crippen LogP contribution in [0.3, 0.4) is 0 Å². The number of rotatable bonds is 8. The van der Waals surface area contributed by atoms with Crippen molar-refractivity contribution in [1.82, 2.24) is 15.1 Å². The van der Waals surface area contributed by atoms with Crippen LogP contribution in [0.25, 0.3) is 16.9 Å². The third kappa shape index (κ3) is 5.77. The van der Waals surface area contributed by atoms with Gasteiger partial charge in [-0.05, 0) is 37.1 Å². The summed E-state index contributed by atoms with van der Waals surface area (Å²) < 4.78 is 6.91. The van der Waals surface area contributed by atoms with Gasteiger partial charge in [0.15, 0.2) is 0 Å². The van der Waals surface area contributed by atoms with E-state index >= 15 is 0 Å². The first-order valence-electron chi connectivity index (χ1n) is 13.0. The predicted octanol–water partition coefficient (Wildman–Crippen LogP) is 5.09. The van der Waals surface area contributed by atoms with Crippen molar-refractivity contribution in [1.29, 1.82) is 0 Å². The Bertz CT molecular complexity index is 1480. The molecule has 0 aliphatic carbocycles. The van der Waals surface area contributed by atoms with Crippen LogP contribution in [-0.2, 0) is 14.3 Å². The zero-order chi connectivity index (χ0) is 27.4. The fraction of sp³-hybridized carbons (Fsp3) is 0.258. The maximum atomic E-state index is 13.7. The second kappa shape index (κ2) is 11.9. The molecule has 1 aromatic heterocycles. The predicted molar refractivity (Wildman–Crippen MR) is 156 cm³/mol. The molecule has 2 amide bonds. The first kappa shape index (κ1) is 26.7. The number of nitrogens with one attached hydrogen (secondary N) is 1. The van der Waals surface area contributed by atoms with Crippen LogP contribution >= 0.6 is 11.8 Å². The van der Waals surface area contributed by atoms with Crippen molar-refractivity contribution in [3.8, 4) is 16.9 Å². The maximum Gasteiger partial charge on any atom is 0.240 e. The Morgan fingerprint density at radius 1 is 1.03 bits per heavy atom. The van der Waals surface area contributed by atoms with E-state index in [1.807, 2.05) is 72.3 Å². The average Bonchev–Trinajstić information content (AvgIpc) is 3.26. The standard InChI is InChI=1S/C31H32N4O3S/c1-21-9-7-13-24(17-21)30-28-29(23-11-5-4-6-12-23)33-35(25-14-8-10-22(2)18-25)31(28)34(27(37)20-39-30)19-26(36)32-15-16-38-3/h4-14,17-18,30H,15-16,19-20H2,1-3H3,(H,32,36). The van der Waals surface area contributed by atoms with Crippen LogP contribution in [0.2, 0.25) is 0 Å². The fourth-order valence-electron chi connectivity index (χ4n) is 4.86. The number of methoxy groups -OCH3 is 1. The molecule has 3 aromatic carbocycles. The van der Waals surface area contributed by atoms with Crippen molar-refractivity contribution in [2.45, 2.75) is 19.1 Å². The molecular formula is C31H32N4O3S. The van der Waals surface area contributed by atoms with E-state index in [-0.39, 0.29) is 29.4 Å². The minimum Gasteiger partial charge on any atom is -0.383 e. The Morgan fingerprint density at radius 2 is 1.77 bits per heavy atom. The SMILES string of the molecule is COCCNC(=O)CN1C(=O)CSC(c2cccc(C)c2)c2c(-c3ccccc3)nn(-c3cccc(C)c3)c21. The van der Waals surface area contributed by atoms with Crippen molar-refractivity contribution >= 4 is 29.4 Å². The van der Waals surface area contributed by atoms with Gasteiger partial charge in [0.2, 0.25) is 11.8 Å². The molecule has 2 heterocycles. The van der Waals surface area contributed by atoms with Crippen LogP contribution in [0.1, 0.15) is 27.5 Å². The van der Waals surface area contributed by atoms with Crippen LogP contribution < -0.4 is 10.2 Å². The highest BCUT2D eigenvalue weighted by Gasteiger charge is 2.37. The van der Waals surface area contributed by atoms with E-state index in [1.54, 1.807) is 23.8 Å². The quantitative estimate of drug-likeness (QED) is 0.315. The van der Waals surface area contributed by atoms with Gasteiger partial charge in [0.05, 0.1) is 29.0 Å². The number of carbonyl (C=O) groups excluding carboxylic acids is 2. The summed E-state index contributed by atoms with van der Waals surface area (Å²) in [5, 5.41) is 7.85. The molecule has 1 N–H and O–H groups in total. The zero-order valence-corrected chi connectivity index (χ0v) is 23.2. The van der Waals surface area contributed by atoms with Crippen LogP contribution in [0.4, 0.5) is 5.82 Å². The zero-order valence-electron chi connectivity index (χ0n) is 22.4. The number of aromatic nitrogens is 2. The number of thioether (sulfide) groups is 1. The third-order valence-electron chi connectivity index (χ3n) is 6.66. The smallest absolute Gasteiger partial charge is 0.240 e. The highest BCUT2D eigenvalue weighted by molar-refractivity contribution is 8.00. The van der Waals surface area contributed by atoms with Crippen molar-refractivity contribution < 1.29 is 14.3 Å². The van der Waals surface area contributed by atoms with Crippen molar-refractivity contribution in [2.24, 2.45) is 0 Å². The molecule has 0 saturated heterocycles. The number of hydrogen-bond donors (Lipinski definition) is 1. The molecule has 4 aromatic rings. The fourth-order valence-corrected chi connectivity index (χ4v) is 6.04. The summed E-state index contributed by atoms with van der Waals surface area (Å²) in [6.07, 6.45) is 0. The monoisotopic (exact) mass is 540 g/mol. The van der Waals surface area contributed by atoms with Gasteiger partial charge < -0.3 is 10.1 Å². The molecule has 0 saturated carbocycles. The first-order chi connectivity index (χ1) is 19.0. The Hall–Kier alpha value is -3.88. The lowest BCUT2D eigenvalue weighted by atomic mass is 9.98. The molecule has 1 atom stereocenters. The van der Waals surface area contributed by atoms with Gasteiger partial charge in [-0.2, -0.15) is 5.10 Å². The molecule has 1 aliphatic heterocycles. The van der Waals surface area contributed by atoms with E-state index in [0.29, 0.717) is 19.0 Å². The number of anilines is 1. The van der Waals surface area contributed by atoms with Gasteiger partial charge in [0.1, 0.15) is 12.4 Å². The summed E-state index contributed by atoms with van der Waals surface area (Å²) >= 11 is 1.57. The molecule has 200 valence electrons. The van der Waals surface area contributed by atoms with Crippen molar-refractivity contribution in [3.63, 3.8) is 0 Å². The number of hydrogen-bond acceptors (Lipinski definition) is 5. The summed E-state index contributed by atoms with van der Waals surface area (Å²) in [6, 6.07) is 26.5. The Kier molecular flexibility index (Phi) is 8.14. The summed E-state index contributed by atoms with van der Waals surface area (Å²) in [7, 11) is 1.59. The molecule has 0 bridgehead atoms.